The number of hydrogen-bond acceptors (Lipinski definition) is 8. The molecule has 8 nitrogen and oxygen atoms in total. The van der Waals surface area contributed by atoms with Gasteiger partial charge in [0.05, 0.1) is 0 Å². The zero-order chi connectivity index (χ0) is 89.4. The summed E-state index contributed by atoms with van der Waals surface area (Å²) in [5.41, 5.74) is 35.5. The van der Waals surface area contributed by atoms with E-state index in [0.717, 1.165) is 96.5 Å². The zero-order valence-corrected chi connectivity index (χ0v) is 84.8. The number of nitrogens with zero attached hydrogens (tertiary/aromatic N) is 8. The number of rotatable bonds is 13. The number of aryl methyl sites for hydroxylation is 8. The molecule has 133 heavy (non-hydrogen) atoms. The molecule has 0 amide bonds. The van der Waals surface area contributed by atoms with Crippen molar-refractivity contribution < 1.29 is 80.4 Å². The maximum absolute atomic E-state index is 4.60. The van der Waals surface area contributed by atoms with Gasteiger partial charge in [-0.2, -0.15) is 0 Å². The molecule has 0 aliphatic rings. The van der Waals surface area contributed by atoms with E-state index in [-0.39, 0.29) is 80.4 Å². The molecule has 20 aromatic rings. The molecular weight excluding hydrogens is 2330 g/mol. The smallest absolute Gasteiger partial charge is 0.0242 e. The van der Waals surface area contributed by atoms with Crippen molar-refractivity contribution in [2.75, 3.05) is 0 Å². The second kappa shape index (κ2) is 55.6. The van der Waals surface area contributed by atoms with Gasteiger partial charge in [-0.15, -0.1) is 287 Å². The first kappa shape index (κ1) is 103. The zero-order valence-electron chi connectivity index (χ0n) is 75.2. The molecule has 4 radical (unpaired) electrons. The van der Waals surface area contributed by atoms with Gasteiger partial charge in [0.2, 0.25) is 0 Å². The first-order chi connectivity index (χ1) is 63.4. The van der Waals surface area contributed by atoms with Crippen LogP contribution in [0.15, 0.2) is 438 Å². The van der Waals surface area contributed by atoms with Gasteiger partial charge in [-0.3, -0.25) is 0 Å². The molecule has 12 aromatic carbocycles. The summed E-state index contributed by atoms with van der Waals surface area (Å²) in [6.07, 6.45) is 16.2. The minimum atomic E-state index is 0. The molecule has 20 rings (SSSR count). The van der Waals surface area contributed by atoms with E-state index in [1.807, 2.05) is 349 Å². The summed E-state index contributed by atoms with van der Waals surface area (Å²) < 4.78 is 0. The minimum absolute atomic E-state index is 0. The molecule has 0 unspecified atom stereocenters. The number of aromatic nitrogens is 8. The molecule has 0 saturated heterocycles. The van der Waals surface area contributed by atoms with Crippen molar-refractivity contribution in [3.05, 3.63) is 531 Å². The molecule has 0 aliphatic carbocycles. The average Bonchev–Trinajstić information content (AvgIpc) is 0.826. The Kier molecular flexibility index (Phi) is 43.1. The largest absolute Gasteiger partial charge is 0.305 e. The van der Waals surface area contributed by atoms with Crippen LogP contribution in [0.3, 0.4) is 0 Å². The summed E-state index contributed by atoms with van der Waals surface area (Å²) >= 11 is 0. The van der Waals surface area contributed by atoms with Gasteiger partial charge in [0, 0.05) is 152 Å². The topological polar surface area (TPSA) is 103 Å². The van der Waals surface area contributed by atoms with Crippen molar-refractivity contribution in [1.29, 1.82) is 0 Å². The Morgan fingerprint density at radius 3 is 0.624 bits per heavy atom. The van der Waals surface area contributed by atoms with E-state index in [9.17, 15) is 0 Å². The summed E-state index contributed by atoms with van der Waals surface area (Å²) in [5, 5.41) is 0. The van der Waals surface area contributed by atoms with Gasteiger partial charge in [0.15, 0.2) is 0 Å². The monoisotopic (exact) mass is 2430 g/mol. The Morgan fingerprint density at radius 1 is 0.188 bits per heavy atom. The molecular formula is C121H98Ir4N8-8. The number of benzene rings is 12. The fraction of sp³-hybridized carbons (Fsp3) is 0.0744. The molecule has 8 heterocycles. The molecule has 0 atom stereocenters. The van der Waals surface area contributed by atoms with Crippen molar-refractivity contribution in [2.24, 2.45) is 0 Å². The summed E-state index contributed by atoms with van der Waals surface area (Å²) in [6.45, 7) is 16.7. The summed E-state index contributed by atoms with van der Waals surface area (Å²) in [7, 11) is 0. The van der Waals surface area contributed by atoms with E-state index in [0.29, 0.717) is 0 Å². The van der Waals surface area contributed by atoms with Crippen LogP contribution in [0.2, 0.25) is 0 Å². The van der Waals surface area contributed by atoms with Gasteiger partial charge >= 0.3 is 0 Å². The van der Waals surface area contributed by atoms with E-state index in [1.54, 1.807) is 0 Å². The molecule has 0 saturated carbocycles. The van der Waals surface area contributed by atoms with Gasteiger partial charge in [0.25, 0.3) is 0 Å². The quantitative estimate of drug-likeness (QED) is 0.105. The Hall–Kier alpha value is -13.6. The second-order valence-corrected chi connectivity index (χ2v) is 30.3. The maximum atomic E-state index is 4.60. The molecule has 12 heteroatoms. The van der Waals surface area contributed by atoms with Crippen molar-refractivity contribution >= 4 is 0 Å². The van der Waals surface area contributed by atoms with Gasteiger partial charge in [0.1, 0.15) is 0 Å². The third-order valence-corrected chi connectivity index (χ3v) is 20.6. The fourth-order valence-corrected chi connectivity index (χ4v) is 13.7. The van der Waals surface area contributed by atoms with Crippen molar-refractivity contribution in [3.8, 4) is 135 Å². The van der Waals surface area contributed by atoms with Gasteiger partial charge in [-0.05, 0) is 168 Å². The minimum Gasteiger partial charge on any atom is -0.305 e. The molecule has 0 fully saturated rings. The predicted molar refractivity (Wildman–Crippen MR) is 532 cm³/mol. The van der Waals surface area contributed by atoms with E-state index in [2.05, 4.69) is 232 Å². The molecule has 8 aromatic heterocycles. The first-order valence-electron chi connectivity index (χ1n) is 42.9. The van der Waals surface area contributed by atoms with E-state index < -0.39 is 0 Å². The normalized spacial score (nSPS) is 9.89. The molecule has 0 N–H and O–H groups in total. The van der Waals surface area contributed by atoms with Crippen LogP contribution in [0.1, 0.15) is 51.4 Å². The average molecular weight is 2430 g/mol. The van der Waals surface area contributed by atoms with Crippen molar-refractivity contribution in [1.82, 2.24) is 39.9 Å². The molecule has 666 valence electrons. The van der Waals surface area contributed by atoms with Crippen LogP contribution in [0.25, 0.3) is 135 Å². The second-order valence-electron chi connectivity index (χ2n) is 30.3. The van der Waals surface area contributed by atoms with Crippen LogP contribution in [0.4, 0.5) is 0 Å². The standard InChI is InChI=1S/C19H16N.3C18H14N.4C12H10N.4Ir/c1-2-15-13-19(17-11-7-4-8-12-17)20-14-18(15)16-9-5-3-6-10-16;3*1-14-12-18(16-10-6-3-7-11-16)19-13-17(14)15-8-4-2-5-9-15;1-10-7-8-13-12(9-10)11-5-3-2-4-6-11;3*1-10-7-8-12(13-9-10)11-5-3-2-4-6-11;;;;/h3-11,13-14H,2H2,1H3;3*2-10,12-13H,1H3;4*2-5,7-9H,1H3;;;;/q8*-1;;;;. The van der Waals surface area contributed by atoms with E-state index >= 15 is 0 Å². The molecule has 0 spiro atoms. The van der Waals surface area contributed by atoms with Gasteiger partial charge in [-0.25, -0.2) is 0 Å². The Bertz CT molecular complexity index is 6210. The third kappa shape index (κ3) is 31.9. The van der Waals surface area contributed by atoms with Crippen molar-refractivity contribution in [3.63, 3.8) is 0 Å². The van der Waals surface area contributed by atoms with Crippen LogP contribution >= 0.6 is 0 Å². The number of hydrogen-bond donors (Lipinski definition) is 0. The van der Waals surface area contributed by atoms with E-state index in [4.69, 9.17) is 0 Å². The van der Waals surface area contributed by atoms with Crippen LogP contribution in [-0.4, -0.2) is 39.9 Å². The van der Waals surface area contributed by atoms with Crippen LogP contribution in [0.5, 0.6) is 0 Å². The van der Waals surface area contributed by atoms with Crippen LogP contribution < -0.4 is 0 Å². The molecule has 0 bridgehead atoms. The van der Waals surface area contributed by atoms with Gasteiger partial charge < -0.3 is 39.9 Å². The summed E-state index contributed by atoms with van der Waals surface area (Å²) in [6, 6.07) is 155. The summed E-state index contributed by atoms with van der Waals surface area (Å²) in [5.74, 6) is 0. The van der Waals surface area contributed by atoms with Crippen molar-refractivity contribution in [2.45, 2.75) is 61.8 Å². The van der Waals surface area contributed by atoms with Gasteiger partial charge in [-0.1, -0.05) is 201 Å². The Balaban J connectivity index is 0.000000171. The number of pyridine rings is 8. The Morgan fingerprint density at radius 2 is 0.406 bits per heavy atom. The summed E-state index contributed by atoms with van der Waals surface area (Å²) in [4.78, 5) is 35.5. The Labute approximate surface area is 840 Å². The predicted octanol–water partition coefficient (Wildman–Crippen LogP) is 29.8. The third-order valence-electron chi connectivity index (χ3n) is 20.6. The van der Waals surface area contributed by atoms with Crippen LogP contribution in [-0.2, 0) is 86.8 Å². The fourth-order valence-electron chi connectivity index (χ4n) is 13.7. The van der Waals surface area contributed by atoms with Crippen LogP contribution in [0, 0.1) is 97.0 Å². The maximum Gasteiger partial charge on any atom is 0.0242 e. The van der Waals surface area contributed by atoms with E-state index in [1.165, 1.54) is 89.0 Å². The SMILES string of the molecule is CCc1cc(-c2[c-]cccc2)ncc1-c1ccccc1.Cc1cc(-c2[c-]cccc2)ncc1-c1ccccc1.Cc1cc(-c2[c-]cccc2)ncc1-c1ccccc1.Cc1cc(-c2[c-]cccc2)ncc1-c1ccccc1.Cc1ccc(-c2[c-]cccc2)nc1.Cc1ccc(-c2[c-]cccc2)nc1.Cc1ccc(-c2[c-]cccc2)nc1.Cc1ccnc(-c2[c-]cccc2)c1.[Ir].[Ir].[Ir].[Ir]. The molecule has 0 aliphatic heterocycles. The first-order valence-corrected chi connectivity index (χ1v) is 42.9.